The van der Waals surface area contributed by atoms with E-state index in [4.69, 9.17) is 17.7 Å². The second-order valence-electron chi connectivity index (χ2n) is 6.32. The van der Waals surface area contributed by atoms with Crippen LogP contribution >= 0.6 is 11.3 Å². The van der Waals surface area contributed by atoms with Crippen LogP contribution in [0.15, 0.2) is 123 Å². The number of allylic oxidation sites excluding steroid dienone is 1. The van der Waals surface area contributed by atoms with Gasteiger partial charge >= 0.3 is 0 Å². The molecule has 0 unspecified atom stereocenters. The summed E-state index contributed by atoms with van der Waals surface area (Å²) in [6, 6.07) is 11.3. The number of oxazole rings is 1. The van der Waals surface area contributed by atoms with Crippen molar-refractivity contribution in [3.63, 3.8) is 0 Å². The summed E-state index contributed by atoms with van der Waals surface area (Å²) in [5.74, 6) is 3.35. The van der Waals surface area contributed by atoms with E-state index < -0.39 is 0 Å². The minimum absolute atomic E-state index is 0.569. The molecule has 5 aromatic heterocycles. The summed E-state index contributed by atoms with van der Waals surface area (Å²) in [5, 5.41) is 2.91. The van der Waals surface area contributed by atoms with Crippen LogP contribution < -0.4 is 0 Å². The zero-order chi connectivity index (χ0) is 26.3. The topological polar surface area (TPSA) is 78.3 Å². The summed E-state index contributed by atoms with van der Waals surface area (Å²) in [7, 11) is 0. The molecule has 0 aliphatic rings. The van der Waals surface area contributed by atoms with Crippen molar-refractivity contribution in [2.24, 2.45) is 0 Å². The highest BCUT2D eigenvalue weighted by Gasteiger charge is 1.85. The fourth-order valence-corrected chi connectivity index (χ4v) is 2.62. The summed E-state index contributed by atoms with van der Waals surface area (Å²) < 4.78 is 19.6. The Kier molecular flexibility index (Phi) is 16.5. The van der Waals surface area contributed by atoms with Crippen molar-refractivity contribution in [3.05, 3.63) is 133 Å². The van der Waals surface area contributed by atoms with Crippen molar-refractivity contribution in [2.75, 3.05) is 0 Å². The summed E-state index contributed by atoms with van der Waals surface area (Å²) in [4.78, 5) is 7.69. The third-order valence-corrected chi connectivity index (χ3v) is 4.57. The number of hydrogen-bond acceptors (Lipinski definition) is 7. The molecule has 0 radical (unpaired) electrons. The van der Waals surface area contributed by atoms with Gasteiger partial charge < -0.3 is 17.7 Å². The van der Waals surface area contributed by atoms with E-state index in [2.05, 4.69) is 36.6 Å². The minimum Gasteiger partial charge on any atom is -0.469 e. The van der Waals surface area contributed by atoms with Gasteiger partial charge in [-0.05, 0) is 67.6 Å². The normalized spacial score (nSPS) is 9.17. The molecule has 36 heavy (non-hydrogen) atoms. The molecule has 5 heterocycles. The summed E-state index contributed by atoms with van der Waals surface area (Å²) >= 11 is 1.59. The van der Waals surface area contributed by atoms with Crippen molar-refractivity contribution in [1.82, 2.24) is 9.97 Å². The standard InChI is InChI=1S/C7H8O.C6H8O.C6H6O.C5H5NO.C5H5NS/c1-2-4-7-5-3-6-8-7;2*1-2-6-4-3-5-7-6;2*1-2-5-6-3-4-7-5/h2-6H,1H3;3-5H,2H2,1H3;2-5H,1H2;2*2-4H,1H2/b4-2+;;;;. The van der Waals surface area contributed by atoms with E-state index in [9.17, 15) is 0 Å². The zero-order valence-corrected chi connectivity index (χ0v) is 21.5. The first kappa shape index (κ1) is 29.7. The van der Waals surface area contributed by atoms with Crippen molar-refractivity contribution in [2.45, 2.75) is 20.3 Å². The molecule has 0 saturated heterocycles. The third-order valence-electron chi connectivity index (χ3n) is 3.80. The van der Waals surface area contributed by atoms with Crippen LogP contribution in [0.2, 0.25) is 0 Å². The fraction of sp³-hybridized carbons (Fsp3) is 0.103. The highest BCUT2D eigenvalue weighted by molar-refractivity contribution is 7.10. The molecule has 0 atom stereocenters. The van der Waals surface area contributed by atoms with E-state index in [1.165, 1.54) is 6.26 Å². The van der Waals surface area contributed by atoms with Gasteiger partial charge in [-0.15, -0.1) is 11.3 Å². The first-order valence-electron chi connectivity index (χ1n) is 11.0. The number of thiazole rings is 1. The molecule has 0 bridgehead atoms. The van der Waals surface area contributed by atoms with Gasteiger partial charge in [-0.1, -0.05) is 32.7 Å². The lowest BCUT2D eigenvalue weighted by atomic mass is 10.4. The molecule has 0 fully saturated rings. The predicted molar refractivity (Wildman–Crippen MR) is 149 cm³/mol. The van der Waals surface area contributed by atoms with Crippen LogP contribution in [0.25, 0.3) is 24.3 Å². The summed E-state index contributed by atoms with van der Waals surface area (Å²) in [6.45, 7) is 14.5. The Bertz CT molecular complexity index is 1060. The lowest BCUT2D eigenvalue weighted by Crippen LogP contribution is -1.66. The number of hydrogen-bond donors (Lipinski definition) is 0. The van der Waals surface area contributed by atoms with E-state index in [-0.39, 0.29) is 0 Å². The molecule has 0 spiro atoms. The molecule has 0 N–H and O–H groups in total. The van der Waals surface area contributed by atoms with Crippen molar-refractivity contribution in [3.8, 4) is 0 Å². The van der Waals surface area contributed by atoms with Gasteiger partial charge in [-0.3, -0.25) is 0 Å². The van der Waals surface area contributed by atoms with Crippen LogP contribution in [-0.4, -0.2) is 9.97 Å². The molecule has 7 heteroatoms. The van der Waals surface area contributed by atoms with Gasteiger partial charge in [-0.25, -0.2) is 9.97 Å². The lowest BCUT2D eigenvalue weighted by molar-refractivity contribution is 0.516. The molecule has 0 amide bonds. The van der Waals surface area contributed by atoms with Gasteiger partial charge in [-0.2, -0.15) is 0 Å². The van der Waals surface area contributed by atoms with Crippen molar-refractivity contribution >= 4 is 35.6 Å². The molecule has 5 aromatic rings. The number of rotatable bonds is 5. The smallest absolute Gasteiger partial charge is 0.217 e. The lowest BCUT2D eigenvalue weighted by Gasteiger charge is -1.79. The predicted octanol–water partition coefficient (Wildman–Crippen LogP) is 9.18. The Morgan fingerprint density at radius 1 is 0.778 bits per heavy atom. The molecular weight excluding hydrogens is 472 g/mol. The van der Waals surface area contributed by atoms with Crippen molar-refractivity contribution < 1.29 is 17.7 Å². The first-order chi connectivity index (χ1) is 17.7. The third kappa shape index (κ3) is 14.0. The second-order valence-corrected chi connectivity index (χ2v) is 7.24. The van der Waals surface area contributed by atoms with Gasteiger partial charge in [0.2, 0.25) is 5.89 Å². The Morgan fingerprint density at radius 2 is 1.47 bits per heavy atom. The van der Waals surface area contributed by atoms with Crippen molar-refractivity contribution in [1.29, 1.82) is 0 Å². The molecular formula is C29H32N2O4S. The highest BCUT2D eigenvalue weighted by Crippen LogP contribution is 2.03. The number of aromatic nitrogens is 2. The van der Waals surface area contributed by atoms with E-state index in [0.29, 0.717) is 5.89 Å². The van der Waals surface area contributed by atoms with Gasteiger partial charge in [0.25, 0.3) is 0 Å². The monoisotopic (exact) mass is 504 g/mol. The van der Waals surface area contributed by atoms with Crippen LogP contribution in [0.3, 0.4) is 0 Å². The zero-order valence-electron chi connectivity index (χ0n) is 20.7. The largest absolute Gasteiger partial charge is 0.469 e. The van der Waals surface area contributed by atoms with E-state index >= 15 is 0 Å². The van der Waals surface area contributed by atoms with Gasteiger partial charge in [0.1, 0.15) is 28.6 Å². The van der Waals surface area contributed by atoms with Crippen LogP contribution in [-0.2, 0) is 6.42 Å². The van der Waals surface area contributed by atoms with Crippen LogP contribution in [0, 0.1) is 0 Å². The maximum atomic E-state index is 4.99. The average molecular weight is 505 g/mol. The Hall–Kier alpha value is -4.36. The molecule has 5 rings (SSSR count). The molecule has 0 aromatic carbocycles. The SMILES string of the molecule is C/C=C/c1ccco1.C=Cc1ccco1.C=Cc1ncco1.C=Cc1nccs1.CCc1ccco1. The van der Waals surface area contributed by atoms with Gasteiger partial charge in [0.15, 0.2) is 0 Å². The first-order valence-corrected chi connectivity index (χ1v) is 11.9. The number of aryl methyl sites for hydroxylation is 1. The molecule has 0 saturated carbocycles. The maximum Gasteiger partial charge on any atom is 0.217 e. The molecule has 188 valence electrons. The second kappa shape index (κ2) is 20.1. The van der Waals surface area contributed by atoms with Crippen LogP contribution in [0.5, 0.6) is 0 Å². The van der Waals surface area contributed by atoms with Crippen LogP contribution in [0.4, 0.5) is 0 Å². The number of furan rings is 3. The Labute approximate surface area is 216 Å². The van der Waals surface area contributed by atoms with E-state index in [1.54, 1.807) is 60.7 Å². The minimum atomic E-state index is 0.569. The van der Waals surface area contributed by atoms with Gasteiger partial charge in [0.05, 0.1) is 25.0 Å². The quantitative estimate of drug-likeness (QED) is 0.237. The fourth-order valence-electron chi connectivity index (χ4n) is 2.14. The van der Waals surface area contributed by atoms with Crippen LogP contribution in [0.1, 0.15) is 42.0 Å². The highest BCUT2D eigenvalue weighted by atomic mass is 32.1. The van der Waals surface area contributed by atoms with E-state index in [1.807, 2.05) is 60.9 Å². The summed E-state index contributed by atoms with van der Waals surface area (Å²) in [5.41, 5.74) is 0. The van der Waals surface area contributed by atoms with Gasteiger partial charge in [0, 0.05) is 18.0 Å². The Morgan fingerprint density at radius 3 is 1.78 bits per heavy atom. The Balaban J connectivity index is 0.000000225. The molecule has 0 aliphatic heterocycles. The maximum absolute atomic E-state index is 4.99. The summed E-state index contributed by atoms with van der Waals surface area (Å²) in [6.07, 6.45) is 19.7. The molecule has 6 nitrogen and oxygen atoms in total. The number of nitrogens with zero attached hydrogens (tertiary/aromatic N) is 2. The van der Waals surface area contributed by atoms with E-state index in [0.717, 1.165) is 28.7 Å². The molecule has 0 aliphatic carbocycles. The average Bonchev–Trinajstić information content (AvgIpc) is 3.76.